The largest absolute Gasteiger partial charge is 0.462 e. The summed E-state index contributed by atoms with van der Waals surface area (Å²) in [6.07, 6.45) is 2.62. The number of hydrogen-bond acceptors (Lipinski definition) is 6. The molecule has 0 spiro atoms. The standard InChI is InChI=1S/C22H18FN5O4/c1-2-32-22(31)14-3-7-16(8-4-14)26-19(29)12-27-13-24-20-18(21(27)30)11-25-28(20)17-9-5-15(23)6-10-17/h3-11,13H,2,12H2,1H3,(H,26,29). The lowest BCUT2D eigenvalue weighted by molar-refractivity contribution is -0.116. The number of carbonyl (C=O) groups is 2. The van der Waals surface area contributed by atoms with Gasteiger partial charge < -0.3 is 10.1 Å². The number of nitrogens with one attached hydrogen (secondary N) is 1. The molecule has 0 saturated heterocycles. The van der Waals surface area contributed by atoms with E-state index in [0.717, 1.165) is 0 Å². The molecule has 0 aliphatic heterocycles. The molecule has 0 atom stereocenters. The maximum Gasteiger partial charge on any atom is 0.338 e. The Bertz CT molecular complexity index is 1340. The average molecular weight is 435 g/mol. The molecule has 1 amide bonds. The van der Waals surface area contributed by atoms with Gasteiger partial charge in [-0.15, -0.1) is 0 Å². The molecular weight excluding hydrogens is 417 g/mol. The lowest BCUT2D eigenvalue weighted by atomic mass is 10.2. The maximum absolute atomic E-state index is 13.2. The van der Waals surface area contributed by atoms with Crippen LogP contribution in [-0.2, 0) is 16.1 Å². The predicted molar refractivity (Wildman–Crippen MR) is 114 cm³/mol. The van der Waals surface area contributed by atoms with E-state index in [1.54, 1.807) is 19.1 Å². The zero-order valence-corrected chi connectivity index (χ0v) is 17.0. The number of carbonyl (C=O) groups excluding carboxylic acids is 2. The third-order valence-corrected chi connectivity index (χ3v) is 4.62. The Labute approximate surface area is 181 Å². The number of amides is 1. The van der Waals surface area contributed by atoms with E-state index >= 15 is 0 Å². The molecule has 2 aromatic carbocycles. The van der Waals surface area contributed by atoms with Gasteiger partial charge in [-0.1, -0.05) is 0 Å². The highest BCUT2D eigenvalue weighted by Crippen LogP contribution is 2.14. The van der Waals surface area contributed by atoms with Crippen molar-refractivity contribution in [3.63, 3.8) is 0 Å². The van der Waals surface area contributed by atoms with Crippen LogP contribution in [0.15, 0.2) is 65.8 Å². The first kappa shape index (κ1) is 20.9. The molecule has 0 saturated carbocycles. The quantitative estimate of drug-likeness (QED) is 0.467. The van der Waals surface area contributed by atoms with Crippen LogP contribution in [-0.4, -0.2) is 37.8 Å². The zero-order chi connectivity index (χ0) is 22.7. The van der Waals surface area contributed by atoms with Crippen LogP contribution in [0.25, 0.3) is 16.7 Å². The Morgan fingerprint density at radius 2 is 1.81 bits per heavy atom. The summed E-state index contributed by atoms with van der Waals surface area (Å²) in [6.45, 7) is 1.73. The Morgan fingerprint density at radius 3 is 2.50 bits per heavy atom. The number of fused-ring (bicyclic) bond motifs is 1. The van der Waals surface area contributed by atoms with E-state index in [9.17, 15) is 18.8 Å². The number of benzene rings is 2. The molecule has 0 aliphatic rings. The van der Waals surface area contributed by atoms with E-state index in [4.69, 9.17) is 4.74 Å². The van der Waals surface area contributed by atoms with Gasteiger partial charge in [0.1, 0.15) is 24.1 Å². The second-order valence-corrected chi connectivity index (χ2v) is 6.79. The molecule has 0 fully saturated rings. The van der Waals surface area contributed by atoms with Crippen LogP contribution in [0.1, 0.15) is 17.3 Å². The highest BCUT2D eigenvalue weighted by atomic mass is 19.1. The van der Waals surface area contributed by atoms with Gasteiger partial charge in [-0.2, -0.15) is 5.10 Å². The smallest absolute Gasteiger partial charge is 0.338 e. The molecule has 162 valence electrons. The zero-order valence-electron chi connectivity index (χ0n) is 17.0. The summed E-state index contributed by atoms with van der Waals surface area (Å²) < 4.78 is 20.7. The van der Waals surface area contributed by atoms with Crippen molar-refractivity contribution in [3.8, 4) is 5.69 Å². The summed E-state index contributed by atoms with van der Waals surface area (Å²) in [7, 11) is 0. The van der Waals surface area contributed by atoms with E-state index in [1.807, 2.05) is 0 Å². The molecule has 9 nitrogen and oxygen atoms in total. The van der Waals surface area contributed by atoms with E-state index in [2.05, 4.69) is 15.4 Å². The van der Waals surface area contributed by atoms with Crippen LogP contribution in [0.4, 0.5) is 10.1 Å². The minimum Gasteiger partial charge on any atom is -0.462 e. The fraction of sp³-hybridized carbons (Fsp3) is 0.136. The Balaban J connectivity index is 1.50. The van der Waals surface area contributed by atoms with Crippen molar-refractivity contribution >= 4 is 28.6 Å². The van der Waals surface area contributed by atoms with Gasteiger partial charge >= 0.3 is 5.97 Å². The van der Waals surface area contributed by atoms with Gasteiger partial charge in [0, 0.05) is 5.69 Å². The number of ether oxygens (including phenoxy) is 1. The van der Waals surface area contributed by atoms with Crippen molar-refractivity contribution in [2.45, 2.75) is 13.5 Å². The molecular formula is C22H18FN5O4. The molecule has 4 aromatic rings. The molecule has 0 radical (unpaired) electrons. The number of rotatable bonds is 6. The van der Waals surface area contributed by atoms with E-state index in [0.29, 0.717) is 22.6 Å². The number of halogens is 1. The monoisotopic (exact) mass is 435 g/mol. The van der Waals surface area contributed by atoms with Crippen LogP contribution in [0, 0.1) is 5.82 Å². The molecule has 0 aliphatic carbocycles. The summed E-state index contributed by atoms with van der Waals surface area (Å²) in [5, 5.41) is 7.05. The fourth-order valence-corrected chi connectivity index (χ4v) is 3.09. The lowest BCUT2D eigenvalue weighted by Crippen LogP contribution is -2.27. The molecule has 2 aromatic heterocycles. The van der Waals surface area contributed by atoms with E-state index < -0.39 is 17.4 Å². The highest BCUT2D eigenvalue weighted by molar-refractivity contribution is 5.93. The number of esters is 1. The maximum atomic E-state index is 13.2. The second-order valence-electron chi connectivity index (χ2n) is 6.79. The molecule has 32 heavy (non-hydrogen) atoms. The first-order chi connectivity index (χ1) is 15.5. The topological polar surface area (TPSA) is 108 Å². The molecule has 2 heterocycles. The number of anilines is 1. The van der Waals surface area contributed by atoms with Gasteiger partial charge in [0.25, 0.3) is 5.56 Å². The fourth-order valence-electron chi connectivity index (χ4n) is 3.09. The molecule has 4 rings (SSSR count). The summed E-state index contributed by atoms with van der Waals surface area (Å²) in [6, 6.07) is 11.8. The number of nitrogens with zero attached hydrogens (tertiary/aromatic N) is 4. The van der Waals surface area contributed by atoms with E-state index in [1.165, 1.54) is 58.2 Å². The Kier molecular flexibility index (Phi) is 5.75. The predicted octanol–water partition coefficient (Wildman–Crippen LogP) is 2.54. The van der Waals surface area contributed by atoms with Crippen LogP contribution in [0.2, 0.25) is 0 Å². The average Bonchev–Trinajstić information content (AvgIpc) is 3.22. The minimum absolute atomic E-state index is 0.225. The van der Waals surface area contributed by atoms with Crippen molar-refractivity contribution in [2.24, 2.45) is 0 Å². The number of hydrogen-bond donors (Lipinski definition) is 1. The SMILES string of the molecule is CCOC(=O)c1ccc(NC(=O)Cn2cnc3c(cnn3-c3ccc(F)cc3)c2=O)cc1. The first-order valence-corrected chi connectivity index (χ1v) is 9.72. The van der Waals surface area contributed by atoms with Crippen molar-refractivity contribution in [1.29, 1.82) is 0 Å². The van der Waals surface area contributed by atoms with Gasteiger partial charge in [0.15, 0.2) is 5.65 Å². The molecule has 1 N–H and O–H groups in total. The Morgan fingerprint density at radius 1 is 1.09 bits per heavy atom. The van der Waals surface area contributed by atoms with Crippen molar-refractivity contribution in [2.75, 3.05) is 11.9 Å². The molecule has 0 bridgehead atoms. The molecule has 0 unspecified atom stereocenters. The van der Waals surface area contributed by atoms with Gasteiger partial charge in [-0.05, 0) is 55.5 Å². The Hall–Kier alpha value is -4.34. The van der Waals surface area contributed by atoms with E-state index in [-0.39, 0.29) is 24.4 Å². The van der Waals surface area contributed by atoms with Crippen LogP contribution >= 0.6 is 0 Å². The number of aromatic nitrogens is 4. The van der Waals surface area contributed by atoms with Crippen molar-refractivity contribution < 1.29 is 18.7 Å². The summed E-state index contributed by atoms with van der Waals surface area (Å²) in [5.74, 6) is -1.28. The van der Waals surface area contributed by atoms with Crippen molar-refractivity contribution in [3.05, 3.63) is 82.8 Å². The summed E-state index contributed by atoms with van der Waals surface area (Å²) in [4.78, 5) is 41.1. The lowest BCUT2D eigenvalue weighted by Gasteiger charge is -2.08. The normalized spacial score (nSPS) is 10.8. The van der Waals surface area contributed by atoms with Gasteiger partial charge in [-0.3, -0.25) is 14.2 Å². The highest BCUT2D eigenvalue weighted by Gasteiger charge is 2.14. The van der Waals surface area contributed by atoms with Crippen molar-refractivity contribution in [1.82, 2.24) is 19.3 Å². The minimum atomic E-state index is -0.447. The van der Waals surface area contributed by atoms with Crippen LogP contribution in [0.3, 0.4) is 0 Å². The first-order valence-electron chi connectivity index (χ1n) is 9.72. The molecule has 10 heteroatoms. The van der Waals surface area contributed by atoms with Gasteiger partial charge in [0.05, 0.1) is 24.1 Å². The van der Waals surface area contributed by atoms with Gasteiger partial charge in [0.2, 0.25) is 5.91 Å². The van der Waals surface area contributed by atoms with Crippen LogP contribution in [0.5, 0.6) is 0 Å². The third-order valence-electron chi connectivity index (χ3n) is 4.62. The van der Waals surface area contributed by atoms with Gasteiger partial charge in [-0.25, -0.2) is 18.9 Å². The summed E-state index contributed by atoms with van der Waals surface area (Å²) in [5.41, 5.74) is 1.25. The second kappa shape index (κ2) is 8.80. The third kappa shape index (κ3) is 4.24. The summed E-state index contributed by atoms with van der Waals surface area (Å²) >= 11 is 0. The van der Waals surface area contributed by atoms with Crippen LogP contribution < -0.4 is 10.9 Å².